The van der Waals surface area contributed by atoms with Crippen molar-refractivity contribution >= 4 is 17.4 Å². The number of nitrogens with zero attached hydrogens (tertiary/aromatic N) is 1. The summed E-state index contributed by atoms with van der Waals surface area (Å²) in [6.07, 6.45) is 1.34. The van der Waals surface area contributed by atoms with Crippen LogP contribution in [0.15, 0.2) is 10.9 Å². The Morgan fingerprint density at radius 1 is 1.30 bits per heavy atom. The number of aliphatic carboxylic acids is 1. The number of hydrogen-bond acceptors (Lipinski definition) is 4. The number of aromatic nitrogens is 2. The van der Waals surface area contributed by atoms with Crippen LogP contribution in [0, 0.1) is 0 Å². The molecule has 23 heavy (non-hydrogen) atoms. The molecule has 124 valence electrons. The largest absolute Gasteiger partial charge is 0.480 e. The second-order valence-electron chi connectivity index (χ2n) is 5.08. The number of aromatic amines is 1. The SMILES string of the molecule is CCc1cc(CC)n2[nH]c(=O)c(C(=O)NCC(=O)O)c(CO)c12. The molecular formula is C15H19N3O5. The van der Waals surface area contributed by atoms with Crippen LogP contribution in [0.3, 0.4) is 0 Å². The van der Waals surface area contributed by atoms with Crippen LogP contribution < -0.4 is 10.9 Å². The van der Waals surface area contributed by atoms with E-state index in [0.717, 1.165) is 11.3 Å². The number of hydrogen-bond donors (Lipinski definition) is 4. The molecule has 0 saturated carbocycles. The molecule has 0 spiro atoms. The van der Waals surface area contributed by atoms with Gasteiger partial charge in [-0.1, -0.05) is 13.8 Å². The van der Waals surface area contributed by atoms with E-state index >= 15 is 0 Å². The lowest BCUT2D eigenvalue weighted by atomic mass is 10.1. The molecule has 0 bridgehead atoms. The van der Waals surface area contributed by atoms with Crippen LogP contribution in [0.2, 0.25) is 0 Å². The lowest BCUT2D eigenvalue weighted by molar-refractivity contribution is -0.135. The summed E-state index contributed by atoms with van der Waals surface area (Å²) in [5, 5.41) is 23.1. The number of rotatable bonds is 6. The van der Waals surface area contributed by atoms with Crippen LogP contribution in [0.1, 0.15) is 41.0 Å². The molecule has 0 unspecified atom stereocenters. The Balaban J connectivity index is 2.70. The summed E-state index contributed by atoms with van der Waals surface area (Å²) in [5.74, 6) is -2.03. The van der Waals surface area contributed by atoms with Crippen molar-refractivity contribution in [2.24, 2.45) is 0 Å². The molecule has 2 aromatic heterocycles. The fraction of sp³-hybridized carbons (Fsp3) is 0.400. The minimum Gasteiger partial charge on any atom is -0.480 e. The number of carbonyl (C=O) groups excluding carboxylic acids is 1. The number of carboxylic acid groups (broad SMARTS) is 1. The van der Waals surface area contributed by atoms with E-state index in [4.69, 9.17) is 5.11 Å². The van der Waals surface area contributed by atoms with Crippen LogP contribution in [0.4, 0.5) is 0 Å². The van der Waals surface area contributed by atoms with Gasteiger partial charge in [-0.2, -0.15) is 0 Å². The number of aliphatic hydroxyl groups excluding tert-OH is 1. The number of amides is 1. The van der Waals surface area contributed by atoms with Crippen molar-refractivity contribution in [3.8, 4) is 0 Å². The molecule has 2 rings (SSSR count). The number of carboxylic acids is 1. The molecule has 0 radical (unpaired) electrons. The molecule has 0 atom stereocenters. The zero-order valence-electron chi connectivity index (χ0n) is 13.0. The maximum Gasteiger partial charge on any atom is 0.322 e. The minimum absolute atomic E-state index is 0.202. The van der Waals surface area contributed by atoms with Crippen LogP contribution in [0.5, 0.6) is 0 Å². The monoisotopic (exact) mass is 321 g/mol. The first-order valence-corrected chi connectivity index (χ1v) is 7.33. The molecular weight excluding hydrogens is 302 g/mol. The molecule has 0 aliphatic heterocycles. The van der Waals surface area contributed by atoms with Crippen LogP contribution in [-0.2, 0) is 24.2 Å². The Bertz CT molecular complexity index is 819. The average Bonchev–Trinajstić information content (AvgIpc) is 2.88. The fourth-order valence-corrected chi connectivity index (χ4v) is 2.66. The first kappa shape index (κ1) is 16.8. The van der Waals surface area contributed by atoms with Gasteiger partial charge in [0.15, 0.2) is 0 Å². The van der Waals surface area contributed by atoms with Crippen LogP contribution in [0.25, 0.3) is 5.52 Å². The standard InChI is InChI=1S/C15H19N3O5/c1-3-8-5-9(4-2)18-13(8)10(7-19)12(15(23)17-18)14(22)16-6-11(20)21/h5,19H,3-4,6-7H2,1-2H3,(H,16,22)(H,17,23)(H,20,21). The summed E-state index contributed by atoms with van der Waals surface area (Å²) in [6, 6.07) is 1.92. The smallest absolute Gasteiger partial charge is 0.322 e. The normalized spacial score (nSPS) is 10.9. The van der Waals surface area contributed by atoms with Gasteiger partial charge in [-0.25, -0.2) is 0 Å². The summed E-state index contributed by atoms with van der Waals surface area (Å²) in [7, 11) is 0. The number of carbonyl (C=O) groups is 2. The highest BCUT2D eigenvalue weighted by Gasteiger charge is 2.22. The second kappa shape index (κ2) is 6.66. The first-order chi connectivity index (χ1) is 10.9. The van der Waals surface area contributed by atoms with E-state index in [1.54, 1.807) is 4.52 Å². The van der Waals surface area contributed by atoms with Crippen molar-refractivity contribution in [1.82, 2.24) is 14.9 Å². The minimum atomic E-state index is -1.22. The first-order valence-electron chi connectivity index (χ1n) is 7.33. The predicted octanol–water partition coefficient (Wildman–Crippen LogP) is 0.0591. The van der Waals surface area contributed by atoms with Crippen molar-refractivity contribution in [3.05, 3.63) is 38.8 Å². The van der Waals surface area contributed by atoms with E-state index in [2.05, 4.69) is 10.4 Å². The van der Waals surface area contributed by atoms with Gasteiger partial charge in [0.2, 0.25) is 0 Å². The number of aryl methyl sites for hydroxylation is 2. The van der Waals surface area contributed by atoms with Crippen molar-refractivity contribution in [2.75, 3.05) is 6.54 Å². The van der Waals surface area contributed by atoms with Gasteiger partial charge < -0.3 is 15.5 Å². The van der Waals surface area contributed by atoms with Gasteiger partial charge in [-0.3, -0.25) is 24.0 Å². The third-order valence-electron chi connectivity index (χ3n) is 3.71. The zero-order valence-corrected chi connectivity index (χ0v) is 13.0. The highest BCUT2D eigenvalue weighted by molar-refractivity contribution is 5.98. The van der Waals surface area contributed by atoms with Gasteiger partial charge in [0.1, 0.15) is 12.1 Å². The Labute approximate surface area is 131 Å². The molecule has 8 heteroatoms. The quantitative estimate of drug-likeness (QED) is 0.599. The molecule has 2 heterocycles. The number of aliphatic hydroxyl groups is 1. The van der Waals surface area contributed by atoms with Crippen LogP contribution in [-0.4, -0.2) is 38.2 Å². The molecule has 1 amide bonds. The molecule has 2 aromatic rings. The maximum atomic E-state index is 12.3. The van der Waals surface area contributed by atoms with Crippen LogP contribution >= 0.6 is 0 Å². The van der Waals surface area contributed by atoms with Gasteiger partial charge in [0.25, 0.3) is 11.5 Å². The van der Waals surface area contributed by atoms with Gasteiger partial charge >= 0.3 is 5.97 Å². The Hall–Kier alpha value is -2.61. The molecule has 0 aliphatic carbocycles. The van der Waals surface area contributed by atoms with Crippen molar-refractivity contribution in [1.29, 1.82) is 0 Å². The number of fused-ring (bicyclic) bond motifs is 1. The third-order valence-corrected chi connectivity index (χ3v) is 3.71. The van der Waals surface area contributed by atoms with Crippen molar-refractivity contribution < 1.29 is 19.8 Å². The van der Waals surface area contributed by atoms with E-state index in [0.29, 0.717) is 18.4 Å². The molecule has 0 aliphatic rings. The maximum absolute atomic E-state index is 12.3. The average molecular weight is 321 g/mol. The highest BCUT2D eigenvalue weighted by atomic mass is 16.4. The predicted molar refractivity (Wildman–Crippen MR) is 82.7 cm³/mol. The van der Waals surface area contributed by atoms with Crippen molar-refractivity contribution in [2.45, 2.75) is 33.3 Å². The Morgan fingerprint density at radius 2 is 2.00 bits per heavy atom. The Morgan fingerprint density at radius 3 is 2.52 bits per heavy atom. The van der Waals surface area contributed by atoms with E-state index in [9.17, 15) is 19.5 Å². The molecule has 8 nitrogen and oxygen atoms in total. The fourth-order valence-electron chi connectivity index (χ4n) is 2.66. The summed E-state index contributed by atoms with van der Waals surface area (Å²) in [6.45, 7) is 2.77. The van der Waals surface area contributed by atoms with Crippen molar-refractivity contribution in [3.63, 3.8) is 0 Å². The summed E-state index contributed by atoms with van der Waals surface area (Å²) < 4.78 is 1.58. The van der Waals surface area contributed by atoms with Gasteiger partial charge in [0, 0.05) is 11.3 Å². The highest BCUT2D eigenvalue weighted by Crippen LogP contribution is 2.22. The Kier molecular flexibility index (Phi) is 4.85. The molecule has 0 fully saturated rings. The summed E-state index contributed by atoms with van der Waals surface area (Å²) in [5.41, 5.74) is 1.63. The number of nitrogens with one attached hydrogen (secondary N) is 2. The topological polar surface area (TPSA) is 124 Å². The van der Waals surface area contributed by atoms with E-state index in [-0.39, 0.29) is 11.1 Å². The van der Waals surface area contributed by atoms with Gasteiger partial charge in [-0.05, 0) is 24.5 Å². The number of H-pyrrole nitrogens is 1. The molecule has 0 saturated heterocycles. The van der Waals surface area contributed by atoms with E-state index in [1.807, 2.05) is 19.9 Å². The van der Waals surface area contributed by atoms with Gasteiger partial charge in [-0.15, -0.1) is 0 Å². The third kappa shape index (κ3) is 2.98. The van der Waals surface area contributed by atoms with Gasteiger partial charge in [0.05, 0.1) is 12.1 Å². The lowest BCUT2D eigenvalue weighted by Crippen LogP contribution is -2.35. The second-order valence-corrected chi connectivity index (χ2v) is 5.08. The molecule has 0 aromatic carbocycles. The van der Waals surface area contributed by atoms with E-state index in [1.165, 1.54) is 0 Å². The molecule has 4 N–H and O–H groups in total. The van der Waals surface area contributed by atoms with E-state index < -0.39 is 30.6 Å². The zero-order chi connectivity index (χ0) is 17.1. The lowest BCUT2D eigenvalue weighted by Gasteiger charge is -2.11. The summed E-state index contributed by atoms with van der Waals surface area (Å²) in [4.78, 5) is 35.0. The summed E-state index contributed by atoms with van der Waals surface area (Å²) >= 11 is 0.